The number of sulfonamides is 1. The van der Waals surface area contributed by atoms with Crippen LogP contribution < -0.4 is 14.8 Å². The molecule has 1 fully saturated rings. The van der Waals surface area contributed by atoms with Crippen molar-refractivity contribution in [2.45, 2.75) is 44.3 Å². The van der Waals surface area contributed by atoms with Gasteiger partial charge in [-0.05, 0) is 51.8 Å². The molecule has 184 valence electrons. The number of benzene rings is 1. The Bertz CT molecular complexity index is 1360. The van der Waals surface area contributed by atoms with Crippen LogP contribution in [0, 0.1) is 5.82 Å². The number of nitrogens with zero attached hydrogens (tertiary/aromatic N) is 4. The predicted octanol–water partition coefficient (Wildman–Crippen LogP) is 3.29. The second-order valence-corrected chi connectivity index (χ2v) is 10.5. The third-order valence-electron chi connectivity index (χ3n) is 5.48. The summed E-state index contributed by atoms with van der Waals surface area (Å²) < 4.78 is 46.9. The highest BCUT2D eigenvalue weighted by Crippen LogP contribution is 2.30. The van der Waals surface area contributed by atoms with Crippen molar-refractivity contribution < 1.29 is 22.3 Å². The van der Waals surface area contributed by atoms with E-state index >= 15 is 0 Å². The minimum atomic E-state index is -3.55. The molecule has 12 heteroatoms. The number of rotatable bonds is 9. The Labute approximate surface area is 202 Å². The van der Waals surface area contributed by atoms with E-state index in [1.54, 1.807) is 19.9 Å². The second kappa shape index (κ2) is 9.53. The first-order valence-corrected chi connectivity index (χ1v) is 12.6. The largest absolute Gasteiger partial charge is 0.477 e. The average Bonchev–Trinajstić information content (AvgIpc) is 3.67. The Morgan fingerprint density at radius 2 is 1.97 bits per heavy atom. The Hall–Kier alpha value is -3.67. The van der Waals surface area contributed by atoms with Crippen molar-refractivity contribution in [1.82, 2.24) is 19.9 Å². The van der Waals surface area contributed by atoms with E-state index < -0.39 is 32.4 Å². The molecule has 4 rings (SSSR count). The predicted molar refractivity (Wildman–Crippen MR) is 128 cm³/mol. The van der Waals surface area contributed by atoms with Gasteiger partial charge >= 0.3 is 0 Å². The van der Waals surface area contributed by atoms with Crippen LogP contribution in [0.15, 0.2) is 42.9 Å². The quantitative estimate of drug-likeness (QED) is 0.457. The summed E-state index contributed by atoms with van der Waals surface area (Å²) in [5.74, 6) is -0.970. The number of halogens is 1. The van der Waals surface area contributed by atoms with E-state index in [0.29, 0.717) is 36.6 Å². The average molecular weight is 501 g/mol. The molecule has 1 saturated carbocycles. The van der Waals surface area contributed by atoms with Gasteiger partial charge in [-0.1, -0.05) is 6.07 Å². The Balaban J connectivity index is 1.51. The number of amides is 1. The van der Waals surface area contributed by atoms with Gasteiger partial charge in [0.1, 0.15) is 5.82 Å². The minimum Gasteiger partial charge on any atom is -0.477 e. The zero-order valence-electron chi connectivity index (χ0n) is 19.4. The van der Waals surface area contributed by atoms with Crippen molar-refractivity contribution in [2.24, 2.45) is 0 Å². The smallest absolute Gasteiger partial charge is 0.237 e. The lowest BCUT2D eigenvalue weighted by atomic mass is 9.88. The van der Waals surface area contributed by atoms with Crippen LogP contribution in [-0.2, 0) is 20.2 Å². The molecule has 10 nitrogen and oxygen atoms in total. The molecule has 0 aliphatic heterocycles. The summed E-state index contributed by atoms with van der Waals surface area (Å²) in [6, 6.07) is 5.81. The summed E-state index contributed by atoms with van der Waals surface area (Å²) in [5.41, 5.74) is -0.0686. The van der Waals surface area contributed by atoms with E-state index in [1.165, 1.54) is 36.8 Å². The van der Waals surface area contributed by atoms with Crippen molar-refractivity contribution in [1.29, 1.82) is 0 Å². The Morgan fingerprint density at radius 3 is 2.66 bits per heavy atom. The Morgan fingerprint density at radius 1 is 1.20 bits per heavy atom. The molecule has 0 saturated heterocycles. The number of carbonyl (C=O) groups is 1. The third-order valence-corrected chi connectivity index (χ3v) is 7.29. The summed E-state index contributed by atoms with van der Waals surface area (Å²) in [5, 5.41) is 2.14. The zero-order valence-corrected chi connectivity index (χ0v) is 20.3. The number of hydrogen-bond acceptors (Lipinski definition) is 8. The molecular weight excluding hydrogens is 475 g/mol. The first kappa shape index (κ1) is 24.5. The summed E-state index contributed by atoms with van der Waals surface area (Å²) in [4.78, 5) is 29.6. The topological polar surface area (TPSA) is 136 Å². The minimum absolute atomic E-state index is 0.0236. The van der Waals surface area contributed by atoms with Crippen molar-refractivity contribution in [3.05, 3.63) is 54.4 Å². The Kier molecular flexibility index (Phi) is 6.66. The van der Waals surface area contributed by atoms with Crippen LogP contribution in [0.2, 0.25) is 0 Å². The molecule has 0 radical (unpaired) electrons. The SMILES string of the molecule is CCOc1cncc(-c2ccc(NC(=O)C(C)(C)c3ccnc(NS(=O)(=O)C4CC4)n3)c(F)c2)n1. The highest BCUT2D eigenvalue weighted by atomic mass is 32.2. The maximum Gasteiger partial charge on any atom is 0.237 e. The van der Waals surface area contributed by atoms with Crippen LogP contribution in [0.1, 0.15) is 39.3 Å². The van der Waals surface area contributed by atoms with Crippen LogP contribution >= 0.6 is 0 Å². The number of hydrogen-bond donors (Lipinski definition) is 2. The maximum absolute atomic E-state index is 14.9. The van der Waals surface area contributed by atoms with Gasteiger partial charge in [-0.15, -0.1) is 0 Å². The van der Waals surface area contributed by atoms with E-state index in [1.807, 2.05) is 6.92 Å². The van der Waals surface area contributed by atoms with Crippen LogP contribution in [0.5, 0.6) is 5.88 Å². The number of aromatic nitrogens is 4. The van der Waals surface area contributed by atoms with E-state index in [9.17, 15) is 17.6 Å². The summed E-state index contributed by atoms with van der Waals surface area (Å²) in [7, 11) is -3.55. The van der Waals surface area contributed by atoms with E-state index in [-0.39, 0.29) is 17.3 Å². The van der Waals surface area contributed by atoms with Crippen LogP contribution in [-0.4, -0.2) is 46.1 Å². The van der Waals surface area contributed by atoms with Gasteiger partial charge < -0.3 is 10.1 Å². The number of ether oxygens (including phenoxy) is 1. The molecule has 0 spiro atoms. The molecule has 1 aliphatic rings. The van der Waals surface area contributed by atoms with Crippen molar-refractivity contribution >= 4 is 27.6 Å². The van der Waals surface area contributed by atoms with Crippen LogP contribution in [0.4, 0.5) is 16.0 Å². The van der Waals surface area contributed by atoms with E-state index in [4.69, 9.17) is 4.74 Å². The molecule has 1 aromatic carbocycles. The maximum atomic E-state index is 14.9. The lowest BCUT2D eigenvalue weighted by Crippen LogP contribution is -2.36. The normalized spacial score (nSPS) is 13.8. The molecule has 0 bridgehead atoms. The summed E-state index contributed by atoms with van der Waals surface area (Å²) in [6.07, 6.45) is 5.52. The lowest BCUT2D eigenvalue weighted by Gasteiger charge is -2.23. The van der Waals surface area contributed by atoms with Crippen molar-refractivity contribution in [3.8, 4) is 17.1 Å². The molecule has 2 N–H and O–H groups in total. The second-order valence-electron chi connectivity index (χ2n) is 8.56. The van der Waals surface area contributed by atoms with E-state index in [0.717, 1.165) is 0 Å². The molecule has 2 aromatic heterocycles. The first-order chi connectivity index (χ1) is 16.6. The van der Waals surface area contributed by atoms with Gasteiger partial charge in [0.25, 0.3) is 0 Å². The van der Waals surface area contributed by atoms with Crippen molar-refractivity contribution in [2.75, 3.05) is 16.6 Å². The van der Waals surface area contributed by atoms with Gasteiger partial charge in [0.15, 0.2) is 0 Å². The summed E-state index contributed by atoms with van der Waals surface area (Å²) >= 11 is 0. The fraction of sp³-hybridized carbons (Fsp3) is 0.348. The zero-order chi connectivity index (χ0) is 25.2. The van der Waals surface area contributed by atoms with Crippen molar-refractivity contribution in [3.63, 3.8) is 0 Å². The third kappa shape index (κ3) is 5.53. The van der Waals surface area contributed by atoms with Gasteiger partial charge in [0, 0.05) is 11.8 Å². The molecular formula is C23H25FN6O4S. The van der Waals surface area contributed by atoms with Gasteiger partial charge in [-0.3, -0.25) is 14.5 Å². The molecule has 2 heterocycles. The highest BCUT2D eigenvalue weighted by molar-refractivity contribution is 7.93. The van der Waals surface area contributed by atoms with Crippen LogP contribution in [0.3, 0.4) is 0 Å². The van der Waals surface area contributed by atoms with E-state index in [2.05, 4.69) is 30.0 Å². The molecule has 0 atom stereocenters. The molecule has 1 aliphatic carbocycles. The molecule has 35 heavy (non-hydrogen) atoms. The fourth-order valence-corrected chi connectivity index (χ4v) is 4.50. The van der Waals surface area contributed by atoms with Gasteiger partial charge in [-0.2, -0.15) is 0 Å². The number of carbonyl (C=O) groups excluding carboxylic acids is 1. The molecule has 0 unspecified atom stereocenters. The van der Waals surface area contributed by atoms with Gasteiger partial charge in [0.05, 0.1) is 46.7 Å². The first-order valence-electron chi connectivity index (χ1n) is 11.0. The number of anilines is 2. The van der Waals surface area contributed by atoms with Crippen LogP contribution in [0.25, 0.3) is 11.3 Å². The molecule has 1 amide bonds. The lowest BCUT2D eigenvalue weighted by molar-refractivity contribution is -0.120. The fourth-order valence-electron chi connectivity index (χ4n) is 3.22. The van der Waals surface area contributed by atoms with Gasteiger partial charge in [0.2, 0.25) is 27.8 Å². The monoisotopic (exact) mass is 500 g/mol. The number of nitrogens with one attached hydrogen (secondary N) is 2. The highest BCUT2D eigenvalue weighted by Gasteiger charge is 2.37. The standard InChI is InChI=1S/C23H25FN6O4S/c1-4-34-20-13-25-12-18(27-20)14-5-8-17(16(24)11-14)28-21(31)23(2,3)19-9-10-26-22(29-19)30-35(32,33)15-6-7-15/h5,8-13,15H,4,6-7H2,1-3H3,(H,28,31)(H,26,29,30). The summed E-state index contributed by atoms with van der Waals surface area (Å²) in [6.45, 7) is 5.45. The van der Waals surface area contributed by atoms with Gasteiger partial charge in [-0.25, -0.2) is 27.8 Å². The molecule has 3 aromatic rings.